The first kappa shape index (κ1) is 24.4. The number of sulfonamides is 1. The molecule has 0 saturated carbocycles. The SMILES string of the molecule is O=C(C1CCN(S(=O)(=O)c2ccc(F)cc2F)CC1)N(Cc1ccccn1)c1nc2ccccc2s1. The van der Waals surface area contributed by atoms with Gasteiger partial charge in [-0.05, 0) is 49.2 Å². The number of para-hydroxylation sites is 1. The van der Waals surface area contributed by atoms with E-state index in [-0.39, 0.29) is 38.4 Å². The quantitative estimate of drug-likeness (QED) is 0.365. The van der Waals surface area contributed by atoms with Crippen LogP contribution >= 0.6 is 11.3 Å². The van der Waals surface area contributed by atoms with Crippen LogP contribution in [0.15, 0.2) is 71.8 Å². The molecule has 0 aliphatic carbocycles. The summed E-state index contributed by atoms with van der Waals surface area (Å²) in [7, 11) is -4.15. The first-order valence-electron chi connectivity index (χ1n) is 11.3. The van der Waals surface area contributed by atoms with Crippen LogP contribution in [-0.4, -0.2) is 41.7 Å². The zero-order valence-electron chi connectivity index (χ0n) is 19.0. The number of benzene rings is 2. The normalized spacial score (nSPS) is 15.3. The summed E-state index contributed by atoms with van der Waals surface area (Å²) in [5.41, 5.74) is 1.50. The summed E-state index contributed by atoms with van der Waals surface area (Å²) in [4.78, 5) is 23.7. The molecule has 1 amide bonds. The zero-order chi connectivity index (χ0) is 25.3. The van der Waals surface area contributed by atoms with Crippen molar-refractivity contribution in [2.75, 3.05) is 18.0 Å². The Hall–Kier alpha value is -3.28. The number of piperidine rings is 1. The largest absolute Gasteiger partial charge is 0.282 e. The fraction of sp³-hybridized carbons (Fsp3) is 0.240. The number of thiazole rings is 1. The molecule has 0 unspecified atom stereocenters. The maximum absolute atomic E-state index is 14.2. The number of nitrogens with zero attached hydrogens (tertiary/aromatic N) is 4. The highest BCUT2D eigenvalue weighted by molar-refractivity contribution is 7.89. The third kappa shape index (κ3) is 4.86. The molecule has 1 fully saturated rings. The predicted molar refractivity (Wildman–Crippen MR) is 133 cm³/mol. The van der Waals surface area contributed by atoms with Gasteiger partial charge in [0, 0.05) is 31.3 Å². The lowest BCUT2D eigenvalue weighted by Gasteiger charge is -2.33. The average Bonchev–Trinajstić information content (AvgIpc) is 3.31. The molecular weight excluding hydrogens is 506 g/mol. The van der Waals surface area contributed by atoms with E-state index in [9.17, 15) is 22.0 Å². The summed E-state index contributed by atoms with van der Waals surface area (Å²) >= 11 is 1.41. The van der Waals surface area contributed by atoms with Gasteiger partial charge in [-0.25, -0.2) is 22.2 Å². The second-order valence-electron chi connectivity index (χ2n) is 8.46. The van der Waals surface area contributed by atoms with E-state index >= 15 is 0 Å². The van der Waals surface area contributed by atoms with E-state index in [1.807, 2.05) is 36.4 Å². The fourth-order valence-electron chi connectivity index (χ4n) is 4.26. The summed E-state index contributed by atoms with van der Waals surface area (Å²) in [5, 5.41) is 0.551. The van der Waals surface area contributed by atoms with Gasteiger partial charge in [-0.2, -0.15) is 4.31 Å². The Bertz CT molecular complexity index is 1470. The number of amides is 1. The molecule has 2 aromatic carbocycles. The van der Waals surface area contributed by atoms with E-state index in [2.05, 4.69) is 9.97 Å². The topological polar surface area (TPSA) is 83.5 Å². The summed E-state index contributed by atoms with van der Waals surface area (Å²) in [6.45, 7) is 0.332. The Morgan fingerprint density at radius 3 is 2.50 bits per heavy atom. The highest BCUT2D eigenvalue weighted by atomic mass is 32.2. The van der Waals surface area contributed by atoms with Crippen molar-refractivity contribution < 1.29 is 22.0 Å². The lowest BCUT2D eigenvalue weighted by atomic mass is 9.96. The van der Waals surface area contributed by atoms with E-state index in [1.165, 1.54) is 11.3 Å². The Morgan fingerprint density at radius 2 is 1.81 bits per heavy atom. The van der Waals surface area contributed by atoms with E-state index < -0.39 is 32.5 Å². The molecule has 5 rings (SSSR count). The van der Waals surface area contributed by atoms with Crippen LogP contribution in [0.3, 0.4) is 0 Å². The van der Waals surface area contributed by atoms with Gasteiger partial charge in [0.2, 0.25) is 15.9 Å². The van der Waals surface area contributed by atoms with Gasteiger partial charge in [0.25, 0.3) is 0 Å². The smallest absolute Gasteiger partial charge is 0.245 e. The first-order chi connectivity index (χ1) is 17.3. The number of carbonyl (C=O) groups is 1. The van der Waals surface area contributed by atoms with Gasteiger partial charge in [-0.3, -0.25) is 14.7 Å². The highest BCUT2D eigenvalue weighted by Gasteiger charge is 2.36. The number of hydrogen-bond acceptors (Lipinski definition) is 6. The van der Waals surface area contributed by atoms with Crippen LogP contribution in [0, 0.1) is 17.6 Å². The highest BCUT2D eigenvalue weighted by Crippen LogP contribution is 2.33. The van der Waals surface area contributed by atoms with Gasteiger partial charge in [0.1, 0.15) is 16.5 Å². The van der Waals surface area contributed by atoms with Crippen LogP contribution < -0.4 is 4.90 Å². The van der Waals surface area contributed by atoms with Crippen LogP contribution in [0.4, 0.5) is 13.9 Å². The Kier molecular flexibility index (Phi) is 6.78. The van der Waals surface area contributed by atoms with Crippen molar-refractivity contribution in [2.24, 2.45) is 5.92 Å². The summed E-state index contributed by atoms with van der Waals surface area (Å²) in [6, 6.07) is 15.5. The first-order valence-corrected chi connectivity index (χ1v) is 13.6. The van der Waals surface area contributed by atoms with Crippen molar-refractivity contribution in [3.63, 3.8) is 0 Å². The van der Waals surface area contributed by atoms with Crippen LogP contribution in [0.25, 0.3) is 10.2 Å². The van der Waals surface area contributed by atoms with Gasteiger partial charge in [0.15, 0.2) is 5.13 Å². The number of hydrogen-bond donors (Lipinski definition) is 0. The molecule has 36 heavy (non-hydrogen) atoms. The Labute approximate surface area is 211 Å². The van der Waals surface area contributed by atoms with Gasteiger partial charge in [-0.15, -0.1) is 0 Å². The molecule has 0 bridgehead atoms. The maximum Gasteiger partial charge on any atom is 0.245 e. The molecule has 2 aromatic heterocycles. The molecule has 0 N–H and O–H groups in total. The number of rotatable bonds is 6. The summed E-state index contributed by atoms with van der Waals surface area (Å²) < 4.78 is 55.4. The molecule has 186 valence electrons. The number of carbonyl (C=O) groups excluding carboxylic acids is 1. The Balaban J connectivity index is 1.36. The molecule has 1 aliphatic rings. The van der Waals surface area contributed by atoms with Crippen molar-refractivity contribution in [2.45, 2.75) is 24.3 Å². The Morgan fingerprint density at radius 1 is 1.06 bits per heavy atom. The van der Waals surface area contributed by atoms with Crippen molar-refractivity contribution in [3.05, 3.63) is 84.2 Å². The lowest BCUT2D eigenvalue weighted by Crippen LogP contribution is -2.44. The predicted octanol–water partition coefficient (Wildman–Crippen LogP) is 4.60. The van der Waals surface area contributed by atoms with Gasteiger partial charge >= 0.3 is 0 Å². The maximum atomic E-state index is 14.2. The van der Waals surface area contributed by atoms with Crippen LogP contribution in [-0.2, 0) is 21.4 Å². The number of anilines is 1. The second kappa shape index (κ2) is 10.00. The van der Waals surface area contributed by atoms with E-state index in [4.69, 9.17) is 0 Å². The molecule has 7 nitrogen and oxygen atoms in total. The minimum atomic E-state index is -4.15. The standard InChI is InChI=1S/C25H22F2N4O3S2/c26-18-8-9-23(20(27)15-18)36(33,34)30-13-10-17(11-14-30)24(32)31(16-19-5-3-4-12-28-19)25-29-21-6-1-2-7-22(21)35-25/h1-9,12,15,17H,10-11,13-14,16H2. The molecule has 0 atom stereocenters. The average molecular weight is 529 g/mol. The van der Waals surface area contributed by atoms with Crippen molar-refractivity contribution in [1.82, 2.24) is 14.3 Å². The van der Waals surface area contributed by atoms with E-state index in [0.717, 1.165) is 26.7 Å². The van der Waals surface area contributed by atoms with Crippen molar-refractivity contribution >= 4 is 42.6 Å². The molecule has 11 heteroatoms. The minimum Gasteiger partial charge on any atom is -0.282 e. The summed E-state index contributed by atoms with van der Waals surface area (Å²) in [5.74, 6) is -2.58. The van der Waals surface area contributed by atoms with Gasteiger partial charge in [-0.1, -0.05) is 29.5 Å². The number of halogens is 2. The fourth-order valence-corrected chi connectivity index (χ4v) is 6.74. The number of aromatic nitrogens is 2. The third-order valence-electron chi connectivity index (χ3n) is 6.14. The second-order valence-corrected chi connectivity index (χ2v) is 11.4. The van der Waals surface area contributed by atoms with E-state index in [1.54, 1.807) is 17.2 Å². The van der Waals surface area contributed by atoms with Gasteiger partial charge < -0.3 is 0 Å². The molecule has 0 radical (unpaired) electrons. The van der Waals surface area contributed by atoms with Gasteiger partial charge in [0.05, 0.1) is 22.5 Å². The molecule has 1 saturated heterocycles. The number of pyridine rings is 1. The van der Waals surface area contributed by atoms with Crippen LogP contribution in [0.1, 0.15) is 18.5 Å². The molecule has 0 spiro atoms. The van der Waals surface area contributed by atoms with Crippen LogP contribution in [0.2, 0.25) is 0 Å². The van der Waals surface area contributed by atoms with E-state index in [0.29, 0.717) is 16.9 Å². The molecule has 3 heterocycles. The monoisotopic (exact) mass is 528 g/mol. The third-order valence-corrected chi connectivity index (χ3v) is 9.13. The molecule has 4 aromatic rings. The minimum absolute atomic E-state index is 0.0484. The zero-order valence-corrected chi connectivity index (χ0v) is 20.7. The summed E-state index contributed by atoms with van der Waals surface area (Å²) in [6.07, 6.45) is 2.20. The van der Waals surface area contributed by atoms with Crippen molar-refractivity contribution in [1.29, 1.82) is 0 Å². The van der Waals surface area contributed by atoms with Crippen molar-refractivity contribution in [3.8, 4) is 0 Å². The molecule has 1 aliphatic heterocycles. The lowest BCUT2D eigenvalue weighted by molar-refractivity contribution is -0.123. The number of fused-ring (bicyclic) bond motifs is 1. The molecular formula is C25H22F2N4O3S2. The van der Waals surface area contributed by atoms with Crippen LogP contribution in [0.5, 0.6) is 0 Å².